The molecule has 0 atom stereocenters. The summed E-state index contributed by atoms with van der Waals surface area (Å²) in [6.45, 7) is 0.524. The predicted octanol–water partition coefficient (Wildman–Crippen LogP) is 2.02. The van der Waals surface area contributed by atoms with E-state index < -0.39 is 0 Å². The van der Waals surface area contributed by atoms with Gasteiger partial charge in [0.25, 0.3) is 0 Å². The maximum atomic E-state index is 5.65. The smallest absolute Gasteiger partial charge is 0.125 e. The summed E-state index contributed by atoms with van der Waals surface area (Å²) in [6, 6.07) is 0. The number of rotatable bonds is 3. The third-order valence-electron chi connectivity index (χ3n) is 2.95. The van der Waals surface area contributed by atoms with Crippen LogP contribution in [0.3, 0.4) is 0 Å². The summed E-state index contributed by atoms with van der Waals surface area (Å²) < 4.78 is 5.65. The number of methoxy groups -OCH3 is 1. The Balaban J connectivity index is 2.26. The van der Waals surface area contributed by atoms with Crippen LogP contribution in [-0.2, 0) is 16.9 Å². The van der Waals surface area contributed by atoms with Crippen LogP contribution in [0.5, 0.6) is 0 Å². The Hall–Kier alpha value is -0.450. The summed E-state index contributed by atoms with van der Waals surface area (Å²) in [5, 5.41) is 3.15. The van der Waals surface area contributed by atoms with E-state index in [0.29, 0.717) is 6.54 Å². The van der Waals surface area contributed by atoms with Gasteiger partial charge in [0.15, 0.2) is 0 Å². The third-order valence-corrected chi connectivity index (χ3v) is 4.03. The van der Waals surface area contributed by atoms with E-state index in [1.165, 1.54) is 12.8 Å². The second-order valence-electron chi connectivity index (χ2n) is 3.75. The summed E-state index contributed by atoms with van der Waals surface area (Å²) in [5.41, 5.74) is 6.43. The van der Waals surface area contributed by atoms with Crippen molar-refractivity contribution in [2.45, 2.75) is 37.8 Å². The molecule has 0 unspecified atom stereocenters. The molecule has 1 aliphatic carbocycles. The molecule has 1 aromatic rings. The molecule has 0 amide bonds. The molecule has 1 aliphatic rings. The fourth-order valence-electron chi connectivity index (χ4n) is 2.06. The molecule has 2 N–H and O–H groups in total. The van der Waals surface area contributed by atoms with Crippen molar-refractivity contribution < 1.29 is 4.74 Å². The number of nitrogens with zero attached hydrogens (tertiary/aromatic N) is 1. The molecule has 1 saturated carbocycles. The topological polar surface area (TPSA) is 48.1 Å². The Labute approximate surface area is 88.3 Å². The minimum absolute atomic E-state index is 0.0991. The van der Waals surface area contributed by atoms with E-state index in [1.54, 1.807) is 18.4 Å². The Kier molecular flexibility index (Phi) is 2.85. The minimum atomic E-state index is -0.0991. The van der Waals surface area contributed by atoms with E-state index in [0.717, 1.165) is 23.5 Å². The largest absolute Gasteiger partial charge is 0.371 e. The molecule has 0 bridgehead atoms. The van der Waals surface area contributed by atoms with Crippen molar-refractivity contribution in [2.75, 3.05) is 7.11 Å². The van der Waals surface area contributed by atoms with E-state index in [2.05, 4.69) is 4.98 Å². The lowest BCUT2D eigenvalue weighted by atomic mass is 10.0. The Bertz CT molecular complexity index is 305. The van der Waals surface area contributed by atoms with Crippen LogP contribution in [0.25, 0.3) is 0 Å². The summed E-state index contributed by atoms with van der Waals surface area (Å²) in [5.74, 6) is 0. The molecule has 2 rings (SSSR count). The average molecular weight is 212 g/mol. The molecule has 0 aliphatic heterocycles. The Morgan fingerprint density at radius 3 is 2.79 bits per heavy atom. The number of hydrogen-bond acceptors (Lipinski definition) is 4. The van der Waals surface area contributed by atoms with Crippen molar-refractivity contribution >= 4 is 11.3 Å². The van der Waals surface area contributed by atoms with Crippen molar-refractivity contribution in [3.8, 4) is 0 Å². The first-order chi connectivity index (χ1) is 6.80. The first-order valence-corrected chi connectivity index (χ1v) is 5.89. The van der Waals surface area contributed by atoms with E-state index in [9.17, 15) is 0 Å². The third kappa shape index (κ3) is 1.58. The van der Waals surface area contributed by atoms with Gasteiger partial charge in [0, 0.05) is 19.0 Å². The maximum absolute atomic E-state index is 5.65. The van der Waals surface area contributed by atoms with Crippen molar-refractivity contribution in [1.29, 1.82) is 0 Å². The highest BCUT2D eigenvalue weighted by atomic mass is 32.1. The highest BCUT2D eigenvalue weighted by Gasteiger charge is 2.38. The van der Waals surface area contributed by atoms with Crippen LogP contribution in [0.2, 0.25) is 0 Å². The molecule has 0 radical (unpaired) electrons. The monoisotopic (exact) mass is 212 g/mol. The van der Waals surface area contributed by atoms with Crippen LogP contribution in [-0.4, -0.2) is 12.1 Å². The number of thiazole rings is 1. The lowest BCUT2D eigenvalue weighted by molar-refractivity contribution is -0.00895. The fourth-order valence-corrected chi connectivity index (χ4v) is 3.13. The molecular formula is C10H16N2OS. The number of ether oxygens (including phenoxy) is 1. The van der Waals surface area contributed by atoms with E-state index in [4.69, 9.17) is 10.5 Å². The van der Waals surface area contributed by atoms with Gasteiger partial charge in [-0.3, -0.25) is 0 Å². The summed E-state index contributed by atoms with van der Waals surface area (Å²) in [6.07, 6.45) is 4.68. The molecule has 78 valence electrons. The van der Waals surface area contributed by atoms with Crippen molar-refractivity contribution in [2.24, 2.45) is 5.73 Å². The fraction of sp³-hybridized carbons (Fsp3) is 0.700. The minimum Gasteiger partial charge on any atom is -0.371 e. The molecule has 0 spiro atoms. The van der Waals surface area contributed by atoms with E-state index in [1.807, 2.05) is 5.38 Å². The molecular weight excluding hydrogens is 196 g/mol. The van der Waals surface area contributed by atoms with E-state index in [-0.39, 0.29) is 5.60 Å². The van der Waals surface area contributed by atoms with Crippen LogP contribution >= 0.6 is 11.3 Å². The van der Waals surface area contributed by atoms with Gasteiger partial charge in [-0.25, -0.2) is 4.98 Å². The van der Waals surface area contributed by atoms with Gasteiger partial charge in [-0.15, -0.1) is 11.3 Å². The second kappa shape index (κ2) is 3.96. The van der Waals surface area contributed by atoms with Gasteiger partial charge in [-0.1, -0.05) is 12.8 Å². The highest BCUT2D eigenvalue weighted by Crippen LogP contribution is 2.42. The lowest BCUT2D eigenvalue weighted by Crippen LogP contribution is -2.24. The first-order valence-electron chi connectivity index (χ1n) is 5.01. The predicted molar refractivity (Wildman–Crippen MR) is 57.2 cm³/mol. The molecule has 0 aromatic carbocycles. The van der Waals surface area contributed by atoms with E-state index >= 15 is 0 Å². The van der Waals surface area contributed by atoms with Crippen LogP contribution in [0, 0.1) is 0 Å². The van der Waals surface area contributed by atoms with Gasteiger partial charge in [0.2, 0.25) is 0 Å². The number of hydrogen-bond donors (Lipinski definition) is 1. The SMILES string of the molecule is COC1(c2nc(CN)cs2)CCCC1. The normalized spacial score (nSPS) is 20.1. The molecule has 3 nitrogen and oxygen atoms in total. The zero-order valence-corrected chi connectivity index (χ0v) is 9.27. The quantitative estimate of drug-likeness (QED) is 0.834. The first kappa shape index (κ1) is 10.1. The average Bonchev–Trinajstić information content (AvgIpc) is 2.87. The molecule has 0 saturated heterocycles. The van der Waals surface area contributed by atoms with Gasteiger partial charge in [-0.05, 0) is 12.8 Å². The molecule has 4 heteroatoms. The van der Waals surface area contributed by atoms with Crippen LogP contribution in [0.15, 0.2) is 5.38 Å². The zero-order valence-electron chi connectivity index (χ0n) is 8.45. The van der Waals surface area contributed by atoms with Gasteiger partial charge in [0.05, 0.1) is 5.69 Å². The summed E-state index contributed by atoms with van der Waals surface area (Å²) in [7, 11) is 1.79. The number of aromatic nitrogens is 1. The van der Waals surface area contributed by atoms with Crippen molar-refractivity contribution in [1.82, 2.24) is 4.98 Å². The Morgan fingerprint density at radius 2 is 2.29 bits per heavy atom. The van der Waals surface area contributed by atoms with Gasteiger partial charge >= 0.3 is 0 Å². The lowest BCUT2D eigenvalue weighted by Gasteiger charge is -2.24. The maximum Gasteiger partial charge on any atom is 0.125 e. The van der Waals surface area contributed by atoms with Crippen LogP contribution in [0.1, 0.15) is 36.4 Å². The van der Waals surface area contributed by atoms with Crippen molar-refractivity contribution in [3.05, 3.63) is 16.1 Å². The van der Waals surface area contributed by atoms with Crippen LogP contribution in [0.4, 0.5) is 0 Å². The summed E-state index contributed by atoms with van der Waals surface area (Å²) in [4.78, 5) is 4.52. The van der Waals surface area contributed by atoms with Gasteiger partial charge in [-0.2, -0.15) is 0 Å². The zero-order chi connectivity index (χ0) is 10.0. The van der Waals surface area contributed by atoms with Gasteiger partial charge in [0.1, 0.15) is 10.6 Å². The second-order valence-corrected chi connectivity index (χ2v) is 4.61. The molecule has 1 aromatic heterocycles. The van der Waals surface area contributed by atoms with Crippen molar-refractivity contribution in [3.63, 3.8) is 0 Å². The molecule has 14 heavy (non-hydrogen) atoms. The standard InChI is InChI=1S/C10H16N2OS/c1-13-10(4-2-3-5-10)9-12-8(6-11)7-14-9/h7H,2-6,11H2,1H3. The van der Waals surface area contributed by atoms with Gasteiger partial charge < -0.3 is 10.5 Å². The molecule has 1 heterocycles. The highest BCUT2D eigenvalue weighted by molar-refractivity contribution is 7.09. The summed E-state index contributed by atoms with van der Waals surface area (Å²) >= 11 is 1.68. The number of nitrogens with two attached hydrogens (primary N) is 1. The molecule has 1 fully saturated rings. The van der Waals surface area contributed by atoms with Crippen LogP contribution < -0.4 is 5.73 Å². The Morgan fingerprint density at radius 1 is 1.57 bits per heavy atom.